The molecule has 0 unspecified atom stereocenters. The smallest absolute Gasteiger partial charge is 0.227 e. The van der Waals surface area contributed by atoms with Gasteiger partial charge in [-0.1, -0.05) is 0 Å². The Balaban J connectivity index is 0.00000338. The van der Waals surface area contributed by atoms with Gasteiger partial charge in [0, 0.05) is 52.5 Å². The molecular formula is C18H29FIN5O. The maximum Gasteiger partial charge on any atom is 0.227 e. The first kappa shape index (κ1) is 22.5. The van der Waals surface area contributed by atoms with Crippen LogP contribution in [0.15, 0.2) is 29.3 Å². The molecule has 8 heteroatoms. The highest BCUT2D eigenvalue weighted by Crippen LogP contribution is 2.17. The number of piperazine rings is 1. The SMILES string of the molecule is CN=C(NCC(C)(C)C(=O)NC)N1CCN(c2ccc(F)cc2)CC1.I. The molecule has 1 aromatic rings. The van der Waals surface area contributed by atoms with Crippen LogP contribution in [-0.4, -0.2) is 63.6 Å². The fourth-order valence-corrected chi connectivity index (χ4v) is 2.88. The highest BCUT2D eigenvalue weighted by Gasteiger charge is 2.28. The minimum atomic E-state index is -0.513. The maximum absolute atomic E-state index is 13.1. The number of carbonyl (C=O) groups is 1. The molecule has 1 saturated heterocycles. The molecule has 0 radical (unpaired) electrons. The van der Waals surface area contributed by atoms with Gasteiger partial charge in [-0.25, -0.2) is 4.39 Å². The number of hydrogen-bond acceptors (Lipinski definition) is 3. The van der Waals surface area contributed by atoms with Gasteiger partial charge < -0.3 is 20.4 Å². The summed E-state index contributed by atoms with van der Waals surface area (Å²) in [6.07, 6.45) is 0. The summed E-state index contributed by atoms with van der Waals surface area (Å²) in [7, 11) is 3.40. The van der Waals surface area contributed by atoms with E-state index in [-0.39, 0.29) is 35.7 Å². The maximum atomic E-state index is 13.1. The zero-order chi connectivity index (χ0) is 18.4. The largest absolute Gasteiger partial charge is 0.368 e. The molecule has 1 fully saturated rings. The quantitative estimate of drug-likeness (QED) is 0.396. The van der Waals surface area contributed by atoms with Gasteiger partial charge in [0.05, 0.1) is 5.41 Å². The molecule has 1 heterocycles. The standard InChI is InChI=1S/C18H28FN5O.HI/c1-18(2,16(25)20-3)13-22-17(21-4)24-11-9-23(10-12-24)15-7-5-14(19)6-8-15;/h5-8H,9-13H2,1-4H3,(H,20,25)(H,21,22);1H. The van der Waals surface area contributed by atoms with Crippen molar-refractivity contribution < 1.29 is 9.18 Å². The van der Waals surface area contributed by atoms with Gasteiger partial charge in [-0.15, -0.1) is 24.0 Å². The van der Waals surface area contributed by atoms with Crippen molar-refractivity contribution in [2.75, 3.05) is 51.7 Å². The summed E-state index contributed by atoms with van der Waals surface area (Å²) in [4.78, 5) is 20.7. The summed E-state index contributed by atoms with van der Waals surface area (Å²) in [6.45, 7) is 7.62. The average Bonchev–Trinajstić information content (AvgIpc) is 2.62. The second-order valence-corrected chi connectivity index (χ2v) is 6.81. The van der Waals surface area contributed by atoms with Crippen LogP contribution in [0.5, 0.6) is 0 Å². The monoisotopic (exact) mass is 477 g/mol. The first-order valence-corrected chi connectivity index (χ1v) is 8.55. The van der Waals surface area contributed by atoms with Crippen LogP contribution in [0, 0.1) is 11.2 Å². The molecule has 1 aromatic carbocycles. The number of benzene rings is 1. The Kier molecular flexibility index (Phi) is 8.58. The van der Waals surface area contributed by atoms with E-state index in [1.54, 1.807) is 14.1 Å². The molecular weight excluding hydrogens is 448 g/mol. The van der Waals surface area contributed by atoms with Gasteiger partial charge in [-0.2, -0.15) is 0 Å². The first-order valence-electron chi connectivity index (χ1n) is 8.55. The summed E-state index contributed by atoms with van der Waals surface area (Å²) in [5.74, 6) is 0.582. The van der Waals surface area contributed by atoms with Crippen molar-refractivity contribution >= 4 is 41.5 Å². The van der Waals surface area contributed by atoms with Crippen molar-refractivity contribution in [3.05, 3.63) is 30.1 Å². The number of amides is 1. The molecule has 0 aromatic heterocycles. The number of carbonyl (C=O) groups excluding carboxylic acids is 1. The normalized spacial score (nSPS) is 15.3. The van der Waals surface area contributed by atoms with E-state index in [1.807, 2.05) is 26.0 Å². The summed E-state index contributed by atoms with van der Waals surface area (Å²) in [5, 5.41) is 5.99. The van der Waals surface area contributed by atoms with E-state index in [9.17, 15) is 9.18 Å². The molecule has 1 amide bonds. The molecule has 6 nitrogen and oxygen atoms in total. The van der Waals surface area contributed by atoms with Gasteiger partial charge >= 0.3 is 0 Å². The number of halogens is 2. The third-order valence-electron chi connectivity index (χ3n) is 4.51. The van der Waals surface area contributed by atoms with Crippen LogP contribution in [-0.2, 0) is 4.79 Å². The molecule has 26 heavy (non-hydrogen) atoms. The second-order valence-electron chi connectivity index (χ2n) is 6.81. The minimum absolute atomic E-state index is 0. The van der Waals surface area contributed by atoms with E-state index in [0.29, 0.717) is 6.54 Å². The number of nitrogens with one attached hydrogen (secondary N) is 2. The highest BCUT2D eigenvalue weighted by molar-refractivity contribution is 14.0. The molecule has 146 valence electrons. The lowest BCUT2D eigenvalue weighted by Crippen LogP contribution is -2.54. The summed E-state index contributed by atoms with van der Waals surface area (Å²) < 4.78 is 13.1. The van der Waals surface area contributed by atoms with Crippen LogP contribution in [0.1, 0.15) is 13.8 Å². The predicted molar refractivity (Wildman–Crippen MR) is 115 cm³/mol. The van der Waals surface area contributed by atoms with E-state index in [1.165, 1.54) is 12.1 Å². The van der Waals surface area contributed by atoms with Crippen molar-refractivity contribution in [3.8, 4) is 0 Å². The van der Waals surface area contributed by atoms with E-state index in [2.05, 4.69) is 25.4 Å². The van der Waals surface area contributed by atoms with Gasteiger partial charge in [-0.05, 0) is 38.1 Å². The van der Waals surface area contributed by atoms with Gasteiger partial charge in [0.1, 0.15) is 5.82 Å². The third kappa shape index (κ3) is 5.72. The van der Waals surface area contributed by atoms with Crippen LogP contribution in [0.3, 0.4) is 0 Å². The van der Waals surface area contributed by atoms with Crippen molar-refractivity contribution in [1.29, 1.82) is 0 Å². The molecule has 1 aliphatic rings. The van der Waals surface area contributed by atoms with Crippen LogP contribution in [0.2, 0.25) is 0 Å². The van der Waals surface area contributed by atoms with Crippen molar-refractivity contribution in [2.24, 2.45) is 10.4 Å². The topological polar surface area (TPSA) is 60.0 Å². The zero-order valence-electron chi connectivity index (χ0n) is 15.9. The van der Waals surface area contributed by atoms with Crippen LogP contribution in [0.25, 0.3) is 0 Å². The molecule has 0 spiro atoms. The van der Waals surface area contributed by atoms with E-state index in [4.69, 9.17) is 0 Å². The van der Waals surface area contributed by atoms with Crippen LogP contribution < -0.4 is 15.5 Å². The number of aliphatic imine (C=N–C) groups is 1. The molecule has 0 aliphatic carbocycles. The lowest BCUT2D eigenvalue weighted by Gasteiger charge is -2.38. The average molecular weight is 477 g/mol. The third-order valence-corrected chi connectivity index (χ3v) is 4.51. The molecule has 0 atom stereocenters. The highest BCUT2D eigenvalue weighted by atomic mass is 127. The molecule has 1 aliphatic heterocycles. The number of guanidine groups is 1. The first-order chi connectivity index (χ1) is 11.9. The molecule has 2 N–H and O–H groups in total. The summed E-state index contributed by atoms with van der Waals surface area (Å²) in [6, 6.07) is 6.60. The Morgan fingerprint density at radius 2 is 1.77 bits per heavy atom. The predicted octanol–water partition coefficient (Wildman–Crippen LogP) is 1.91. The zero-order valence-corrected chi connectivity index (χ0v) is 18.2. The van der Waals surface area contributed by atoms with Crippen LogP contribution >= 0.6 is 24.0 Å². The molecule has 0 bridgehead atoms. The number of hydrogen-bond donors (Lipinski definition) is 2. The Morgan fingerprint density at radius 3 is 2.27 bits per heavy atom. The Morgan fingerprint density at radius 1 is 1.19 bits per heavy atom. The van der Waals surface area contributed by atoms with Crippen molar-refractivity contribution in [2.45, 2.75) is 13.8 Å². The van der Waals surface area contributed by atoms with E-state index in [0.717, 1.165) is 37.8 Å². The van der Waals surface area contributed by atoms with Crippen molar-refractivity contribution in [1.82, 2.24) is 15.5 Å². The van der Waals surface area contributed by atoms with E-state index >= 15 is 0 Å². The van der Waals surface area contributed by atoms with E-state index < -0.39 is 5.41 Å². The van der Waals surface area contributed by atoms with Crippen molar-refractivity contribution in [3.63, 3.8) is 0 Å². The molecule has 2 rings (SSSR count). The number of nitrogens with zero attached hydrogens (tertiary/aromatic N) is 3. The fourth-order valence-electron chi connectivity index (χ4n) is 2.88. The van der Waals surface area contributed by atoms with Gasteiger partial charge in [0.2, 0.25) is 5.91 Å². The molecule has 0 saturated carbocycles. The fraction of sp³-hybridized carbons (Fsp3) is 0.556. The Hall–Kier alpha value is -1.58. The minimum Gasteiger partial charge on any atom is -0.368 e. The van der Waals surface area contributed by atoms with Gasteiger partial charge in [0.25, 0.3) is 0 Å². The number of rotatable bonds is 4. The lowest BCUT2D eigenvalue weighted by atomic mass is 9.92. The Labute approximate surface area is 172 Å². The van der Waals surface area contributed by atoms with Gasteiger partial charge in [0.15, 0.2) is 5.96 Å². The summed E-state index contributed by atoms with van der Waals surface area (Å²) >= 11 is 0. The van der Waals surface area contributed by atoms with Gasteiger partial charge in [-0.3, -0.25) is 9.79 Å². The second kappa shape index (κ2) is 9.94. The Bertz CT molecular complexity index is 613. The lowest BCUT2D eigenvalue weighted by molar-refractivity contribution is -0.128. The number of anilines is 1. The summed E-state index contributed by atoms with van der Waals surface area (Å²) in [5.41, 5.74) is 0.519. The van der Waals surface area contributed by atoms with Crippen LogP contribution in [0.4, 0.5) is 10.1 Å².